The van der Waals surface area contributed by atoms with E-state index < -0.39 is 0 Å². The van der Waals surface area contributed by atoms with Gasteiger partial charge in [0.15, 0.2) is 0 Å². The number of hydrogen-bond donors (Lipinski definition) is 2. The molecule has 0 spiro atoms. The number of rotatable bonds is 9. The van der Waals surface area contributed by atoms with Gasteiger partial charge in [-0.05, 0) is 26.0 Å². The van der Waals surface area contributed by atoms with Gasteiger partial charge in [-0.2, -0.15) is 0 Å². The van der Waals surface area contributed by atoms with Gasteiger partial charge >= 0.3 is 0 Å². The molecule has 0 aliphatic heterocycles. The Kier molecular flexibility index (Phi) is 7.52. The number of likely N-dealkylation sites (N-methyl/N-ethyl adjacent to an activating group) is 1. The lowest BCUT2D eigenvalue weighted by Crippen LogP contribution is -2.36. The van der Waals surface area contributed by atoms with E-state index in [1.54, 1.807) is 4.90 Å². The predicted molar refractivity (Wildman–Crippen MR) is 91.9 cm³/mol. The summed E-state index contributed by atoms with van der Waals surface area (Å²) in [6.45, 7) is 9.09. The zero-order valence-corrected chi connectivity index (χ0v) is 13.9. The number of hydrogen-bond acceptors (Lipinski definition) is 4. The first-order chi connectivity index (χ1) is 10.4. The molecule has 0 aliphatic carbocycles. The van der Waals surface area contributed by atoms with E-state index in [2.05, 4.69) is 11.9 Å². The van der Waals surface area contributed by atoms with Crippen LogP contribution in [0.15, 0.2) is 41.3 Å². The zero-order chi connectivity index (χ0) is 16.5. The van der Waals surface area contributed by atoms with Crippen LogP contribution in [0.3, 0.4) is 0 Å². The molecule has 1 aromatic rings. The number of benzene rings is 1. The molecule has 0 saturated heterocycles. The van der Waals surface area contributed by atoms with Gasteiger partial charge in [0.2, 0.25) is 11.8 Å². The summed E-state index contributed by atoms with van der Waals surface area (Å²) in [6.07, 6.45) is 0. The van der Waals surface area contributed by atoms with Gasteiger partial charge in [0, 0.05) is 23.7 Å². The van der Waals surface area contributed by atoms with Crippen molar-refractivity contribution in [1.29, 1.82) is 0 Å². The van der Waals surface area contributed by atoms with Crippen molar-refractivity contribution < 1.29 is 9.59 Å². The first-order valence-electron chi connectivity index (χ1n) is 7.10. The summed E-state index contributed by atoms with van der Waals surface area (Å²) in [5.41, 5.74) is 6.95. The zero-order valence-electron chi connectivity index (χ0n) is 13.1. The lowest BCUT2D eigenvalue weighted by molar-refractivity contribution is -0.128. The van der Waals surface area contributed by atoms with Crippen LogP contribution in [-0.2, 0) is 9.59 Å². The van der Waals surface area contributed by atoms with Gasteiger partial charge in [0.25, 0.3) is 0 Å². The van der Waals surface area contributed by atoms with Gasteiger partial charge in [-0.15, -0.1) is 11.8 Å². The maximum atomic E-state index is 12.2. The number of nitrogens with two attached hydrogens (primary N) is 1. The summed E-state index contributed by atoms with van der Waals surface area (Å²) >= 11 is 1.36. The number of carbonyl (C=O) groups excluding carboxylic acids is 2. The number of para-hydroxylation sites is 1. The topological polar surface area (TPSA) is 75.4 Å². The monoisotopic (exact) mass is 321 g/mol. The highest BCUT2D eigenvalue weighted by atomic mass is 32.2. The molecule has 120 valence electrons. The highest BCUT2D eigenvalue weighted by molar-refractivity contribution is 8.00. The fourth-order valence-corrected chi connectivity index (χ4v) is 2.64. The number of primary amides is 1. The highest BCUT2D eigenvalue weighted by Gasteiger charge is 2.12. The van der Waals surface area contributed by atoms with Gasteiger partial charge in [-0.25, -0.2) is 0 Å². The molecule has 1 aromatic carbocycles. The molecule has 22 heavy (non-hydrogen) atoms. The molecule has 0 bridgehead atoms. The number of nitrogens with zero attached hydrogens (tertiary/aromatic N) is 1. The van der Waals surface area contributed by atoms with Gasteiger partial charge in [0.1, 0.15) is 0 Å². The average molecular weight is 321 g/mol. The third-order valence-corrected chi connectivity index (χ3v) is 3.98. The molecule has 0 atom stereocenters. The van der Waals surface area contributed by atoms with Gasteiger partial charge in [0.05, 0.1) is 12.3 Å². The van der Waals surface area contributed by atoms with E-state index in [-0.39, 0.29) is 24.1 Å². The quantitative estimate of drug-likeness (QED) is 0.539. The van der Waals surface area contributed by atoms with Gasteiger partial charge < -0.3 is 16.0 Å². The number of carbonyl (C=O) groups is 2. The first-order valence-corrected chi connectivity index (χ1v) is 8.08. The second kappa shape index (κ2) is 9.15. The van der Waals surface area contributed by atoms with E-state index in [0.29, 0.717) is 13.1 Å². The molecule has 0 aliphatic rings. The van der Waals surface area contributed by atoms with Crippen LogP contribution in [0.2, 0.25) is 0 Å². The number of amides is 2. The molecule has 6 heteroatoms. The van der Waals surface area contributed by atoms with E-state index in [1.807, 2.05) is 38.1 Å². The molecular weight excluding hydrogens is 298 g/mol. The number of anilines is 1. The molecule has 0 aromatic heterocycles. The van der Waals surface area contributed by atoms with Gasteiger partial charge in [-0.3, -0.25) is 9.59 Å². The summed E-state index contributed by atoms with van der Waals surface area (Å²) in [5, 5.41) is 3.13. The standard InChI is InChI=1S/C16H23N3O2S/c1-4-19(10-12(2)3)16(21)9-18-13-7-5-6-8-14(13)22-11-15(17)20/h5-8,18H,2,4,9-11H2,1,3H3,(H2,17,20). The minimum Gasteiger partial charge on any atom is -0.375 e. The minimum atomic E-state index is -0.366. The Bertz CT molecular complexity index is 546. The van der Waals surface area contributed by atoms with Crippen LogP contribution in [0.5, 0.6) is 0 Å². The van der Waals surface area contributed by atoms with Crippen molar-refractivity contribution in [3.05, 3.63) is 36.4 Å². The molecule has 2 amide bonds. The highest BCUT2D eigenvalue weighted by Crippen LogP contribution is 2.26. The van der Waals surface area contributed by atoms with Crippen molar-refractivity contribution >= 4 is 29.3 Å². The van der Waals surface area contributed by atoms with Crippen molar-refractivity contribution in [2.45, 2.75) is 18.7 Å². The summed E-state index contributed by atoms with van der Waals surface area (Å²) < 4.78 is 0. The van der Waals surface area contributed by atoms with Crippen molar-refractivity contribution in [2.24, 2.45) is 5.73 Å². The molecule has 0 fully saturated rings. The molecule has 1 rings (SSSR count). The summed E-state index contributed by atoms with van der Waals surface area (Å²) in [6, 6.07) is 7.54. The van der Waals surface area contributed by atoms with Crippen molar-refractivity contribution in [3.63, 3.8) is 0 Å². The van der Waals surface area contributed by atoms with Crippen LogP contribution in [0.1, 0.15) is 13.8 Å². The van der Waals surface area contributed by atoms with Crippen LogP contribution >= 0.6 is 11.8 Å². The first kappa shape index (κ1) is 18.1. The largest absolute Gasteiger partial charge is 0.375 e. The Morgan fingerprint density at radius 1 is 1.36 bits per heavy atom. The summed E-state index contributed by atoms with van der Waals surface area (Å²) in [4.78, 5) is 25.7. The maximum Gasteiger partial charge on any atom is 0.242 e. The molecule has 0 saturated carbocycles. The van der Waals surface area contributed by atoms with Crippen molar-refractivity contribution in [2.75, 3.05) is 30.7 Å². The molecule has 0 unspecified atom stereocenters. The lowest BCUT2D eigenvalue weighted by Gasteiger charge is -2.21. The van der Waals surface area contributed by atoms with E-state index in [1.165, 1.54) is 11.8 Å². The van der Waals surface area contributed by atoms with Crippen LogP contribution in [0, 0.1) is 0 Å². The smallest absolute Gasteiger partial charge is 0.242 e. The van der Waals surface area contributed by atoms with Crippen molar-refractivity contribution in [3.8, 4) is 0 Å². The Labute approximate surface area is 135 Å². The van der Waals surface area contributed by atoms with Crippen LogP contribution in [0.25, 0.3) is 0 Å². The summed E-state index contributed by atoms with van der Waals surface area (Å²) in [5.74, 6) is -0.140. The van der Waals surface area contributed by atoms with E-state index in [0.717, 1.165) is 16.2 Å². The van der Waals surface area contributed by atoms with Crippen LogP contribution in [-0.4, -0.2) is 42.1 Å². The Balaban J connectivity index is 2.65. The second-order valence-electron chi connectivity index (χ2n) is 4.97. The average Bonchev–Trinajstić information content (AvgIpc) is 2.48. The molecule has 0 heterocycles. The fraction of sp³-hybridized carbons (Fsp3) is 0.375. The van der Waals surface area contributed by atoms with Crippen molar-refractivity contribution in [1.82, 2.24) is 4.90 Å². The SMILES string of the molecule is C=C(C)CN(CC)C(=O)CNc1ccccc1SCC(N)=O. The van der Waals surface area contributed by atoms with E-state index in [9.17, 15) is 9.59 Å². The van der Waals surface area contributed by atoms with E-state index >= 15 is 0 Å². The second-order valence-corrected chi connectivity index (χ2v) is 5.99. The lowest BCUT2D eigenvalue weighted by atomic mass is 10.3. The molecular formula is C16H23N3O2S. The van der Waals surface area contributed by atoms with Gasteiger partial charge in [-0.1, -0.05) is 24.3 Å². The minimum absolute atomic E-state index is 0.0141. The molecule has 3 N–H and O–H groups in total. The van der Waals surface area contributed by atoms with Crippen LogP contribution in [0.4, 0.5) is 5.69 Å². The molecule has 0 radical (unpaired) electrons. The Morgan fingerprint density at radius 2 is 2.05 bits per heavy atom. The third-order valence-electron chi connectivity index (χ3n) is 2.88. The number of nitrogens with one attached hydrogen (secondary N) is 1. The third kappa shape index (κ3) is 6.22. The normalized spacial score (nSPS) is 10.1. The van der Waals surface area contributed by atoms with E-state index in [4.69, 9.17) is 5.73 Å². The Morgan fingerprint density at radius 3 is 2.64 bits per heavy atom. The predicted octanol–water partition coefficient (Wildman–Crippen LogP) is 2.10. The maximum absolute atomic E-state index is 12.2. The number of thioether (sulfide) groups is 1. The Hall–Kier alpha value is -1.95. The summed E-state index contributed by atoms with van der Waals surface area (Å²) in [7, 11) is 0. The fourth-order valence-electron chi connectivity index (χ4n) is 1.87. The van der Waals surface area contributed by atoms with Crippen LogP contribution < -0.4 is 11.1 Å². The molecule has 5 nitrogen and oxygen atoms in total.